The smallest absolute Gasteiger partial charge is 0.260 e. The first-order valence-electron chi connectivity index (χ1n) is 9.80. The molecular formula is C22H30N2O5. The molecule has 2 rings (SSSR count). The number of likely N-dealkylation sites (N-methyl/N-ethyl adjacent to an activating group) is 1. The standard InChI is InChI=1S/C22H30N2O5/c1-5-6-12-23(3)21(26)16-29-22-17(2)24(13-11-20(22)25)14-15-28-19-9-7-18(27-4)8-10-19/h7-11,13H,5-6,12,14-16H2,1-4H3. The van der Waals surface area contributed by atoms with Crippen molar-refractivity contribution < 1.29 is 19.0 Å². The minimum atomic E-state index is -0.237. The number of aromatic nitrogens is 1. The summed E-state index contributed by atoms with van der Waals surface area (Å²) >= 11 is 0. The van der Waals surface area contributed by atoms with Gasteiger partial charge in [-0.3, -0.25) is 9.59 Å². The van der Waals surface area contributed by atoms with Crippen molar-refractivity contribution in [1.82, 2.24) is 9.47 Å². The summed E-state index contributed by atoms with van der Waals surface area (Å²) in [5, 5.41) is 0. The number of ether oxygens (including phenoxy) is 3. The van der Waals surface area contributed by atoms with E-state index in [1.165, 1.54) is 6.07 Å². The van der Waals surface area contributed by atoms with Gasteiger partial charge in [-0.25, -0.2) is 0 Å². The Kier molecular flexibility index (Phi) is 8.58. The number of hydrogen-bond donors (Lipinski definition) is 0. The molecule has 0 saturated carbocycles. The third-order valence-electron chi connectivity index (χ3n) is 4.66. The van der Waals surface area contributed by atoms with Crippen LogP contribution in [0.5, 0.6) is 17.2 Å². The Labute approximate surface area is 171 Å². The van der Waals surface area contributed by atoms with Crippen LogP contribution in [0, 0.1) is 6.92 Å². The van der Waals surface area contributed by atoms with E-state index in [1.807, 2.05) is 28.8 Å². The van der Waals surface area contributed by atoms with Crippen LogP contribution in [0.3, 0.4) is 0 Å². The molecule has 0 saturated heterocycles. The Bertz CT molecular complexity index is 845. The van der Waals surface area contributed by atoms with E-state index < -0.39 is 0 Å². The maximum absolute atomic E-state index is 12.2. The summed E-state index contributed by atoms with van der Waals surface area (Å²) in [7, 11) is 3.36. The third-order valence-corrected chi connectivity index (χ3v) is 4.66. The molecule has 0 fully saturated rings. The van der Waals surface area contributed by atoms with Crippen LogP contribution in [0.1, 0.15) is 25.5 Å². The summed E-state index contributed by atoms with van der Waals surface area (Å²) in [5.41, 5.74) is 0.429. The van der Waals surface area contributed by atoms with E-state index in [2.05, 4.69) is 6.92 Å². The summed E-state index contributed by atoms with van der Waals surface area (Å²) in [6, 6.07) is 8.79. The summed E-state index contributed by atoms with van der Waals surface area (Å²) in [6.45, 7) is 5.37. The molecule has 158 valence electrons. The Balaban J connectivity index is 1.94. The van der Waals surface area contributed by atoms with Gasteiger partial charge in [0, 0.05) is 25.9 Å². The lowest BCUT2D eigenvalue weighted by Crippen LogP contribution is -2.33. The highest BCUT2D eigenvalue weighted by Gasteiger charge is 2.13. The van der Waals surface area contributed by atoms with Gasteiger partial charge in [0.15, 0.2) is 12.4 Å². The van der Waals surface area contributed by atoms with E-state index in [0.29, 0.717) is 25.4 Å². The molecule has 0 spiro atoms. The quantitative estimate of drug-likeness (QED) is 0.578. The van der Waals surface area contributed by atoms with Crippen molar-refractivity contribution >= 4 is 5.91 Å². The first-order chi connectivity index (χ1) is 14.0. The molecule has 0 aliphatic carbocycles. The number of hydrogen-bond acceptors (Lipinski definition) is 5. The lowest BCUT2D eigenvalue weighted by Gasteiger charge is -2.18. The number of carbonyl (C=O) groups excluding carboxylic acids is 1. The van der Waals surface area contributed by atoms with Crippen molar-refractivity contribution in [3.8, 4) is 17.2 Å². The third kappa shape index (κ3) is 6.55. The predicted octanol–water partition coefficient (Wildman–Crippen LogP) is 2.88. The van der Waals surface area contributed by atoms with E-state index in [9.17, 15) is 9.59 Å². The molecule has 0 N–H and O–H groups in total. The number of pyridine rings is 1. The number of nitrogens with zero attached hydrogens (tertiary/aromatic N) is 2. The van der Waals surface area contributed by atoms with E-state index >= 15 is 0 Å². The number of benzene rings is 1. The second-order valence-corrected chi connectivity index (χ2v) is 6.77. The molecule has 7 heteroatoms. The van der Waals surface area contributed by atoms with E-state index in [0.717, 1.165) is 24.3 Å². The van der Waals surface area contributed by atoms with Crippen molar-refractivity contribution in [2.75, 3.05) is 33.9 Å². The Morgan fingerprint density at radius 3 is 2.45 bits per heavy atom. The predicted molar refractivity (Wildman–Crippen MR) is 112 cm³/mol. The van der Waals surface area contributed by atoms with Gasteiger partial charge in [-0.2, -0.15) is 0 Å². The topological polar surface area (TPSA) is 70.0 Å². The van der Waals surface area contributed by atoms with Gasteiger partial charge in [-0.05, 0) is 37.6 Å². The van der Waals surface area contributed by atoms with Crippen molar-refractivity contribution in [2.45, 2.75) is 33.2 Å². The zero-order valence-corrected chi connectivity index (χ0v) is 17.6. The highest BCUT2D eigenvalue weighted by molar-refractivity contribution is 5.77. The number of carbonyl (C=O) groups is 1. The summed E-state index contributed by atoms with van der Waals surface area (Å²) < 4.78 is 18.3. The molecule has 2 aromatic rings. The molecule has 1 aromatic carbocycles. The molecule has 29 heavy (non-hydrogen) atoms. The van der Waals surface area contributed by atoms with Gasteiger partial charge >= 0.3 is 0 Å². The summed E-state index contributed by atoms with van der Waals surface area (Å²) in [5.74, 6) is 1.57. The van der Waals surface area contributed by atoms with Gasteiger partial charge in [0.1, 0.15) is 18.1 Å². The number of rotatable bonds is 11. The summed E-state index contributed by atoms with van der Waals surface area (Å²) in [6.07, 6.45) is 3.66. The Hall–Kier alpha value is -2.96. The SMILES string of the molecule is CCCCN(C)C(=O)COc1c(C)n(CCOc2ccc(OC)cc2)ccc1=O. The average molecular weight is 402 g/mol. The van der Waals surface area contributed by atoms with Gasteiger partial charge in [-0.15, -0.1) is 0 Å². The maximum atomic E-state index is 12.2. The van der Waals surface area contributed by atoms with Gasteiger partial charge in [-0.1, -0.05) is 13.3 Å². The molecule has 0 unspecified atom stereocenters. The molecule has 1 amide bonds. The maximum Gasteiger partial charge on any atom is 0.260 e. The lowest BCUT2D eigenvalue weighted by atomic mass is 10.3. The minimum absolute atomic E-state index is 0.143. The van der Waals surface area contributed by atoms with Crippen LogP contribution in [0.2, 0.25) is 0 Å². The molecular weight excluding hydrogens is 372 g/mol. The van der Waals surface area contributed by atoms with Gasteiger partial charge in [0.25, 0.3) is 5.91 Å². The molecule has 0 radical (unpaired) electrons. The molecule has 0 aliphatic heterocycles. The van der Waals surface area contributed by atoms with E-state index in [1.54, 1.807) is 32.2 Å². The Morgan fingerprint density at radius 2 is 1.79 bits per heavy atom. The van der Waals surface area contributed by atoms with Crippen LogP contribution in [0.15, 0.2) is 41.3 Å². The fourth-order valence-electron chi connectivity index (χ4n) is 2.77. The number of methoxy groups -OCH3 is 1. The average Bonchev–Trinajstić information content (AvgIpc) is 2.73. The first-order valence-corrected chi connectivity index (χ1v) is 9.80. The largest absolute Gasteiger partial charge is 0.497 e. The van der Waals surface area contributed by atoms with E-state index in [-0.39, 0.29) is 23.7 Å². The molecule has 1 heterocycles. The number of unbranched alkanes of at least 4 members (excludes halogenated alkanes) is 1. The molecule has 0 atom stereocenters. The molecule has 1 aromatic heterocycles. The van der Waals surface area contributed by atoms with Crippen LogP contribution >= 0.6 is 0 Å². The van der Waals surface area contributed by atoms with Crippen molar-refractivity contribution in [1.29, 1.82) is 0 Å². The zero-order chi connectivity index (χ0) is 21.2. The van der Waals surface area contributed by atoms with E-state index in [4.69, 9.17) is 14.2 Å². The monoisotopic (exact) mass is 402 g/mol. The van der Waals surface area contributed by atoms with Crippen molar-refractivity contribution in [3.05, 3.63) is 52.4 Å². The van der Waals surface area contributed by atoms with Crippen LogP contribution in [-0.4, -0.2) is 49.3 Å². The zero-order valence-electron chi connectivity index (χ0n) is 17.6. The van der Waals surface area contributed by atoms with Crippen molar-refractivity contribution in [3.63, 3.8) is 0 Å². The second kappa shape index (κ2) is 11.1. The van der Waals surface area contributed by atoms with Crippen LogP contribution < -0.4 is 19.6 Å². The fourth-order valence-corrected chi connectivity index (χ4v) is 2.77. The molecule has 0 aliphatic rings. The fraction of sp³-hybridized carbons (Fsp3) is 0.455. The van der Waals surface area contributed by atoms with Gasteiger partial charge in [0.05, 0.1) is 19.3 Å². The molecule has 0 bridgehead atoms. The van der Waals surface area contributed by atoms with Gasteiger partial charge < -0.3 is 23.7 Å². The second-order valence-electron chi connectivity index (χ2n) is 6.77. The van der Waals surface area contributed by atoms with Crippen LogP contribution in [0.4, 0.5) is 0 Å². The highest BCUT2D eigenvalue weighted by Crippen LogP contribution is 2.17. The Morgan fingerprint density at radius 1 is 1.10 bits per heavy atom. The van der Waals surface area contributed by atoms with Gasteiger partial charge in [0.2, 0.25) is 5.43 Å². The van der Waals surface area contributed by atoms with Crippen LogP contribution in [-0.2, 0) is 11.3 Å². The minimum Gasteiger partial charge on any atom is -0.497 e. The lowest BCUT2D eigenvalue weighted by molar-refractivity contribution is -0.132. The van der Waals surface area contributed by atoms with Crippen LogP contribution in [0.25, 0.3) is 0 Å². The van der Waals surface area contributed by atoms with Crippen molar-refractivity contribution in [2.24, 2.45) is 0 Å². The first kappa shape index (κ1) is 22.3. The number of amides is 1. The summed E-state index contributed by atoms with van der Waals surface area (Å²) in [4.78, 5) is 26.0. The highest BCUT2D eigenvalue weighted by atomic mass is 16.5. The molecule has 7 nitrogen and oxygen atoms in total. The normalized spacial score (nSPS) is 10.5.